The SMILES string of the molecule is Cc1cc(C)c(/C=C2/SC(=O)N(CC(=O)Nc3ccc(C)c(C)c3)C2=O)c(C)c1. The Kier molecular flexibility index (Phi) is 5.94. The number of rotatable bonds is 4. The highest BCUT2D eigenvalue weighted by molar-refractivity contribution is 8.18. The van der Waals surface area contributed by atoms with Gasteiger partial charge in [0.1, 0.15) is 6.54 Å². The number of aryl methyl sites for hydroxylation is 5. The lowest BCUT2D eigenvalue weighted by atomic mass is 9.99. The van der Waals surface area contributed by atoms with Gasteiger partial charge < -0.3 is 5.32 Å². The Morgan fingerprint density at radius 2 is 1.62 bits per heavy atom. The number of benzene rings is 2. The molecule has 1 heterocycles. The normalized spacial score (nSPS) is 15.3. The molecule has 0 saturated carbocycles. The van der Waals surface area contributed by atoms with Crippen molar-refractivity contribution in [2.45, 2.75) is 34.6 Å². The molecule has 2 aromatic rings. The van der Waals surface area contributed by atoms with E-state index in [2.05, 4.69) is 5.32 Å². The van der Waals surface area contributed by atoms with E-state index in [0.29, 0.717) is 10.6 Å². The van der Waals surface area contributed by atoms with Crippen LogP contribution in [0.5, 0.6) is 0 Å². The average molecular weight is 409 g/mol. The van der Waals surface area contributed by atoms with Crippen LogP contribution in [-0.2, 0) is 9.59 Å². The van der Waals surface area contributed by atoms with Crippen molar-refractivity contribution in [3.8, 4) is 0 Å². The standard InChI is InChI=1S/C23H24N2O3S/c1-13-8-16(4)19(17(5)9-13)11-20-22(27)25(23(28)29-20)12-21(26)24-18-7-6-14(2)15(3)10-18/h6-11H,12H2,1-5H3,(H,24,26)/b20-11+. The summed E-state index contributed by atoms with van der Waals surface area (Å²) in [6.07, 6.45) is 1.75. The Morgan fingerprint density at radius 3 is 2.24 bits per heavy atom. The first kappa shape index (κ1) is 20.9. The van der Waals surface area contributed by atoms with Gasteiger partial charge in [-0.1, -0.05) is 23.8 Å². The van der Waals surface area contributed by atoms with Crippen LogP contribution in [0.3, 0.4) is 0 Å². The largest absolute Gasteiger partial charge is 0.325 e. The first-order valence-electron chi connectivity index (χ1n) is 9.36. The van der Waals surface area contributed by atoms with Crippen molar-refractivity contribution in [2.75, 3.05) is 11.9 Å². The lowest BCUT2D eigenvalue weighted by Crippen LogP contribution is -2.36. The van der Waals surface area contributed by atoms with Crippen molar-refractivity contribution in [1.82, 2.24) is 4.90 Å². The van der Waals surface area contributed by atoms with Gasteiger partial charge in [0, 0.05) is 5.69 Å². The van der Waals surface area contributed by atoms with Crippen molar-refractivity contribution in [3.05, 3.63) is 68.6 Å². The van der Waals surface area contributed by atoms with Crippen molar-refractivity contribution in [1.29, 1.82) is 0 Å². The van der Waals surface area contributed by atoms with Gasteiger partial charge in [-0.25, -0.2) is 0 Å². The van der Waals surface area contributed by atoms with Gasteiger partial charge >= 0.3 is 0 Å². The Balaban J connectivity index is 1.75. The summed E-state index contributed by atoms with van der Waals surface area (Å²) < 4.78 is 0. The van der Waals surface area contributed by atoms with Gasteiger partial charge in [0.25, 0.3) is 11.1 Å². The third-order valence-electron chi connectivity index (χ3n) is 4.98. The van der Waals surface area contributed by atoms with Crippen LogP contribution < -0.4 is 5.32 Å². The molecule has 5 nitrogen and oxygen atoms in total. The number of nitrogens with zero attached hydrogens (tertiary/aromatic N) is 1. The van der Waals surface area contributed by atoms with Crippen molar-refractivity contribution < 1.29 is 14.4 Å². The summed E-state index contributed by atoms with van der Waals surface area (Å²) >= 11 is 0.869. The maximum Gasteiger partial charge on any atom is 0.294 e. The smallest absolute Gasteiger partial charge is 0.294 e. The molecule has 1 saturated heterocycles. The zero-order chi connectivity index (χ0) is 21.3. The van der Waals surface area contributed by atoms with Crippen LogP contribution in [-0.4, -0.2) is 28.5 Å². The zero-order valence-electron chi connectivity index (χ0n) is 17.3. The number of anilines is 1. The van der Waals surface area contributed by atoms with Crippen molar-refractivity contribution >= 4 is 40.6 Å². The number of imide groups is 1. The molecule has 150 valence electrons. The maximum atomic E-state index is 12.7. The molecule has 29 heavy (non-hydrogen) atoms. The molecule has 2 aromatic carbocycles. The number of thioether (sulfide) groups is 1. The fourth-order valence-corrected chi connectivity index (χ4v) is 4.17. The van der Waals surface area contributed by atoms with Crippen LogP contribution in [0.4, 0.5) is 10.5 Å². The Bertz CT molecular complexity index is 1030. The summed E-state index contributed by atoms with van der Waals surface area (Å²) in [4.78, 5) is 38.8. The summed E-state index contributed by atoms with van der Waals surface area (Å²) in [5.74, 6) is -0.839. The topological polar surface area (TPSA) is 66.5 Å². The summed E-state index contributed by atoms with van der Waals surface area (Å²) in [6, 6.07) is 9.67. The molecule has 0 aromatic heterocycles. The summed E-state index contributed by atoms with van der Waals surface area (Å²) in [5.41, 5.74) is 6.99. The summed E-state index contributed by atoms with van der Waals surface area (Å²) in [5, 5.41) is 2.32. The van der Waals surface area contributed by atoms with E-state index in [1.165, 1.54) is 0 Å². The molecule has 0 unspecified atom stereocenters. The van der Waals surface area contributed by atoms with Gasteiger partial charge in [-0.05, 0) is 92.4 Å². The van der Waals surface area contributed by atoms with Crippen molar-refractivity contribution in [2.24, 2.45) is 0 Å². The lowest BCUT2D eigenvalue weighted by molar-refractivity contribution is -0.127. The van der Waals surface area contributed by atoms with E-state index in [4.69, 9.17) is 0 Å². The highest BCUT2D eigenvalue weighted by Crippen LogP contribution is 2.33. The molecule has 0 radical (unpaired) electrons. The Hall–Kier alpha value is -2.86. The molecule has 1 fully saturated rings. The van der Waals surface area contributed by atoms with E-state index >= 15 is 0 Å². The van der Waals surface area contributed by atoms with Gasteiger partial charge in [0.05, 0.1) is 4.91 Å². The van der Waals surface area contributed by atoms with Crippen LogP contribution in [0.15, 0.2) is 35.2 Å². The molecule has 1 aliphatic rings. The quantitative estimate of drug-likeness (QED) is 0.731. The third kappa shape index (κ3) is 4.59. The molecule has 0 atom stereocenters. The third-order valence-corrected chi connectivity index (χ3v) is 5.89. The molecule has 0 spiro atoms. The lowest BCUT2D eigenvalue weighted by Gasteiger charge is -2.13. The second-order valence-corrected chi connectivity index (χ2v) is 8.42. The van der Waals surface area contributed by atoms with Crippen LogP contribution in [0.2, 0.25) is 0 Å². The van der Waals surface area contributed by atoms with E-state index in [0.717, 1.165) is 50.0 Å². The second kappa shape index (κ2) is 8.25. The predicted molar refractivity (Wildman–Crippen MR) is 118 cm³/mol. The van der Waals surface area contributed by atoms with Gasteiger partial charge in [-0.2, -0.15) is 0 Å². The highest BCUT2D eigenvalue weighted by atomic mass is 32.2. The molecule has 1 aliphatic heterocycles. The van der Waals surface area contributed by atoms with Gasteiger partial charge in [0.2, 0.25) is 5.91 Å². The number of hydrogen-bond acceptors (Lipinski definition) is 4. The van der Waals surface area contributed by atoms with E-state index in [1.54, 1.807) is 12.1 Å². The van der Waals surface area contributed by atoms with Crippen LogP contribution in [0, 0.1) is 34.6 Å². The van der Waals surface area contributed by atoms with Gasteiger partial charge in [-0.3, -0.25) is 19.3 Å². The predicted octanol–water partition coefficient (Wildman–Crippen LogP) is 4.90. The molecule has 0 bridgehead atoms. The van der Waals surface area contributed by atoms with Gasteiger partial charge in [-0.15, -0.1) is 0 Å². The number of nitrogens with one attached hydrogen (secondary N) is 1. The van der Waals surface area contributed by atoms with E-state index in [1.807, 2.05) is 58.9 Å². The number of amides is 3. The van der Waals surface area contributed by atoms with E-state index < -0.39 is 17.1 Å². The molecule has 3 rings (SSSR count). The maximum absolute atomic E-state index is 12.7. The Morgan fingerprint density at radius 1 is 0.966 bits per heavy atom. The average Bonchev–Trinajstić information content (AvgIpc) is 2.88. The van der Waals surface area contributed by atoms with Gasteiger partial charge in [0.15, 0.2) is 0 Å². The monoisotopic (exact) mass is 408 g/mol. The minimum atomic E-state index is -0.436. The molecule has 1 N–H and O–H groups in total. The molecular weight excluding hydrogens is 384 g/mol. The number of hydrogen-bond donors (Lipinski definition) is 1. The Labute approximate surface area is 175 Å². The minimum absolute atomic E-state index is 0.305. The fraction of sp³-hybridized carbons (Fsp3) is 0.261. The fourth-order valence-electron chi connectivity index (χ4n) is 3.35. The van der Waals surface area contributed by atoms with E-state index in [-0.39, 0.29) is 6.54 Å². The van der Waals surface area contributed by atoms with E-state index in [9.17, 15) is 14.4 Å². The highest BCUT2D eigenvalue weighted by Gasteiger charge is 2.36. The number of carbonyl (C=O) groups is 3. The minimum Gasteiger partial charge on any atom is -0.325 e. The van der Waals surface area contributed by atoms with Crippen molar-refractivity contribution in [3.63, 3.8) is 0 Å². The first-order valence-corrected chi connectivity index (χ1v) is 10.2. The second-order valence-electron chi connectivity index (χ2n) is 7.43. The first-order chi connectivity index (χ1) is 13.7. The number of carbonyl (C=O) groups excluding carboxylic acids is 3. The summed E-state index contributed by atoms with van der Waals surface area (Å²) in [6.45, 7) is 9.62. The zero-order valence-corrected chi connectivity index (χ0v) is 18.1. The summed E-state index contributed by atoms with van der Waals surface area (Å²) in [7, 11) is 0. The molecular formula is C23H24N2O3S. The van der Waals surface area contributed by atoms with Crippen LogP contribution in [0.1, 0.15) is 33.4 Å². The molecule has 3 amide bonds. The van der Waals surface area contributed by atoms with Crippen LogP contribution in [0.25, 0.3) is 6.08 Å². The molecule has 6 heteroatoms. The van der Waals surface area contributed by atoms with Crippen LogP contribution >= 0.6 is 11.8 Å². The molecule has 0 aliphatic carbocycles.